The summed E-state index contributed by atoms with van der Waals surface area (Å²) in [7, 11) is 0. The van der Waals surface area contributed by atoms with Crippen molar-refractivity contribution in [2.75, 3.05) is 0 Å². The second-order valence-corrected chi connectivity index (χ2v) is 8.98. The summed E-state index contributed by atoms with van der Waals surface area (Å²) >= 11 is 0. The fourth-order valence-electron chi connectivity index (χ4n) is 5.61. The Morgan fingerprint density at radius 2 is 1.87 bits per heavy atom. The van der Waals surface area contributed by atoms with Gasteiger partial charge in [-0.1, -0.05) is 19.4 Å². The maximum Gasteiger partial charge on any atom is 0.255 e. The van der Waals surface area contributed by atoms with E-state index < -0.39 is 52.0 Å². The van der Waals surface area contributed by atoms with Crippen LogP contribution in [-0.2, 0) is 14.4 Å². The van der Waals surface area contributed by atoms with Gasteiger partial charge in [-0.2, -0.15) is 0 Å². The zero-order valence-corrected chi connectivity index (χ0v) is 17.3. The van der Waals surface area contributed by atoms with Crippen LogP contribution in [0.2, 0.25) is 0 Å². The molecule has 0 saturated heterocycles. The number of nitroso groups, excluding NO2 is 1. The normalized spacial score (nSPS) is 31.1. The molecule has 0 aliphatic heterocycles. The maximum atomic E-state index is 13.4. The Balaban J connectivity index is 1.95. The molecule has 4 aliphatic carbocycles. The van der Waals surface area contributed by atoms with Crippen molar-refractivity contribution < 1.29 is 29.7 Å². The van der Waals surface area contributed by atoms with Gasteiger partial charge < -0.3 is 21.1 Å². The van der Waals surface area contributed by atoms with Crippen molar-refractivity contribution in [3.05, 3.63) is 50.0 Å². The van der Waals surface area contributed by atoms with Gasteiger partial charge in [0.15, 0.2) is 11.4 Å². The summed E-state index contributed by atoms with van der Waals surface area (Å²) in [5.41, 5.74) is 3.94. The van der Waals surface area contributed by atoms with Crippen molar-refractivity contribution in [1.82, 2.24) is 0 Å². The molecule has 0 heterocycles. The van der Waals surface area contributed by atoms with Crippen LogP contribution in [0.25, 0.3) is 0 Å². The number of ketones is 2. The van der Waals surface area contributed by atoms with Gasteiger partial charge in [0.05, 0.1) is 5.70 Å². The zero-order chi connectivity index (χ0) is 22.8. The maximum absolute atomic E-state index is 13.4. The molecule has 164 valence electrons. The van der Waals surface area contributed by atoms with Gasteiger partial charge in [-0.15, -0.1) is 4.91 Å². The molecule has 1 fully saturated rings. The van der Waals surface area contributed by atoms with Gasteiger partial charge in [0.2, 0.25) is 5.78 Å². The molecular weight excluding hydrogens is 404 g/mol. The lowest BCUT2D eigenvalue weighted by atomic mass is 9.58. The lowest BCUT2D eigenvalue weighted by Gasteiger charge is -2.47. The van der Waals surface area contributed by atoms with Crippen molar-refractivity contribution in [3.63, 3.8) is 0 Å². The average Bonchev–Trinajstić information content (AvgIpc) is 2.69. The van der Waals surface area contributed by atoms with E-state index in [9.17, 15) is 34.6 Å². The highest BCUT2D eigenvalue weighted by Gasteiger charge is 2.60. The number of fused-ring (bicyclic) bond motifs is 3. The Kier molecular flexibility index (Phi) is 4.77. The number of Topliss-reactive ketones (excluding diaryl/α,β-unsaturated/α-hetero) is 2. The Hall–Kier alpha value is -3.07. The average molecular weight is 428 g/mol. The van der Waals surface area contributed by atoms with Crippen LogP contribution in [0, 0.1) is 22.7 Å². The Labute approximate surface area is 178 Å². The molecule has 4 aliphatic rings. The molecule has 0 spiro atoms. The van der Waals surface area contributed by atoms with Gasteiger partial charge in [-0.25, -0.2) is 0 Å². The molecule has 0 aromatic rings. The van der Waals surface area contributed by atoms with Gasteiger partial charge >= 0.3 is 0 Å². The first kappa shape index (κ1) is 21.2. The van der Waals surface area contributed by atoms with Crippen LogP contribution in [0.3, 0.4) is 0 Å². The van der Waals surface area contributed by atoms with Crippen molar-refractivity contribution in [2.24, 2.45) is 28.7 Å². The molecule has 1 amide bonds. The standard InChI is InChI=1S/C22H24N2O7/c1-8(2)11-3-4-13(24-31)16-12(11)6-9-5-10-7-14(25)17(21(23)29)20(28)22(10,30)19(27)15(9)18(16)26/h8-10,26,28,30H,3-7H2,1-2H3,(H2,23,29)/t9?,10?,22-/m0/s1. The van der Waals surface area contributed by atoms with Crippen molar-refractivity contribution in [1.29, 1.82) is 0 Å². The van der Waals surface area contributed by atoms with E-state index in [2.05, 4.69) is 5.18 Å². The predicted molar refractivity (Wildman–Crippen MR) is 108 cm³/mol. The summed E-state index contributed by atoms with van der Waals surface area (Å²) in [6, 6.07) is 0. The minimum absolute atomic E-state index is 0.117. The van der Waals surface area contributed by atoms with Gasteiger partial charge in [-0.3, -0.25) is 14.4 Å². The lowest BCUT2D eigenvalue weighted by molar-refractivity contribution is -0.147. The monoisotopic (exact) mass is 428 g/mol. The van der Waals surface area contributed by atoms with E-state index in [1.54, 1.807) is 0 Å². The number of hydrogen-bond acceptors (Lipinski definition) is 8. The molecule has 0 radical (unpaired) electrons. The number of allylic oxidation sites excluding steroid dienone is 3. The Morgan fingerprint density at radius 3 is 2.45 bits per heavy atom. The fraction of sp³-hybridized carbons (Fsp3) is 0.500. The second kappa shape index (κ2) is 6.98. The number of amides is 1. The van der Waals surface area contributed by atoms with Crippen LogP contribution < -0.4 is 5.73 Å². The SMILES string of the molecule is CC(C)C1=C2CC3CC4CC(=O)C(C(N)=O)=C(O)[C@@]4(O)C(=O)C3=C(O)C2=C(N=O)CC1. The Morgan fingerprint density at radius 1 is 1.19 bits per heavy atom. The summed E-state index contributed by atoms with van der Waals surface area (Å²) in [5.74, 6) is -5.76. The number of aliphatic hydroxyl groups is 3. The number of carbonyl (C=O) groups excluding carboxylic acids is 3. The third-order valence-corrected chi connectivity index (χ3v) is 7.07. The molecule has 0 aromatic heterocycles. The first-order valence-corrected chi connectivity index (χ1v) is 10.3. The first-order valence-electron chi connectivity index (χ1n) is 10.3. The van der Waals surface area contributed by atoms with Crippen molar-refractivity contribution in [2.45, 2.75) is 51.6 Å². The molecule has 31 heavy (non-hydrogen) atoms. The minimum Gasteiger partial charge on any atom is -0.508 e. The molecule has 4 rings (SSSR count). The Bertz CT molecular complexity index is 1080. The first-order chi connectivity index (χ1) is 14.5. The summed E-state index contributed by atoms with van der Waals surface area (Å²) in [6.07, 6.45) is 1.11. The molecule has 9 heteroatoms. The third kappa shape index (κ3) is 2.76. The van der Waals surface area contributed by atoms with E-state index in [-0.39, 0.29) is 35.6 Å². The largest absolute Gasteiger partial charge is 0.508 e. The summed E-state index contributed by atoms with van der Waals surface area (Å²) in [5, 5.41) is 35.9. The molecule has 0 aromatic carbocycles. The van der Waals surface area contributed by atoms with Crippen molar-refractivity contribution in [3.8, 4) is 0 Å². The van der Waals surface area contributed by atoms with E-state index in [1.807, 2.05) is 13.8 Å². The summed E-state index contributed by atoms with van der Waals surface area (Å²) in [6.45, 7) is 4.02. The number of hydrogen-bond donors (Lipinski definition) is 4. The zero-order valence-electron chi connectivity index (χ0n) is 17.3. The molecule has 2 unspecified atom stereocenters. The van der Waals surface area contributed by atoms with Gasteiger partial charge in [0.25, 0.3) is 5.91 Å². The number of carbonyl (C=O) groups is 3. The van der Waals surface area contributed by atoms with Crippen LogP contribution in [-0.4, -0.2) is 38.4 Å². The van der Waals surface area contributed by atoms with E-state index >= 15 is 0 Å². The van der Waals surface area contributed by atoms with Crippen LogP contribution >= 0.6 is 0 Å². The topological polar surface area (TPSA) is 167 Å². The molecule has 3 atom stereocenters. The smallest absolute Gasteiger partial charge is 0.255 e. The number of nitrogens with zero attached hydrogens (tertiary/aromatic N) is 1. The molecule has 5 N–H and O–H groups in total. The molecule has 0 bridgehead atoms. The lowest BCUT2D eigenvalue weighted by Crippen LogP contribution is -2.58. The van der Waals surface area contributed by atoms with E-state index in [1.165, 1.54) is 0 Å². The second-order valence-electron chi connectivity index (χ2n) is 8.98. The molecular formula is C22H24N2O7. The van der Waals surface area contributed by atoms with Crippen LogP contribution in [0.15, 0.2) is 50.3 Å². The van der Waals surface area contributed by atoms with Crippen LogP contribution in [0.5, 0.6) is 0 Å². The highest BCUT2D eigenvalue weighted by Crippen LogP contribution is 2.54. The minimum atomic E-state index is -2.54. The predicted octanol–water partition coefficient (Wildman–Crippen LogP) is 2.18. The number of primary amides is 1. The van der Waals surface area contributed by atoms with E-state index in [0.29, 0.717) is 19.3 Å². The van der Waals surface area contributed by atoms with E-state index in [4.69, 9.17) is 5.73 Å². The highest BCUT2D eigenvalue weighted by molar-refractivity contribution is 6.22. The molecule has 9 nitrogen and oxygen atoms in total. The number of aliphatic hydroxyl groups excluding tert-OH is 2. The third-order valence-electron chi connectivity index (χ3n) is 7.07. The van der Waals surface area contributed by atoms with E-state index in [0.717, 1.165) is 11.1 Å². The van der Waals surface area contributed by atoms with Crippen molar-refractivity contribution >= 4 is 17.5 Å². The number of nitrogens with two attached hydrogens (primary N) is 1. The quantitative estimate of drug-likeness (QED) is 0.394. The fourth-order valence-corrected chi connectivity index (χ4v) is 5.61. The van der Waals surface area contributed by atoms with Crippen LogP contribution in [0.1, 0.15) is 46.0 Å². The van der Waals surface area contributed by atoms with Gasteiger partial charge in [0.1, 0.15) is 17.1 Å². The van der Waals surface area contributed by atoms with Gasteiger partial charge in [-0.05, 0) is 48.3 Å². The van der Waals surface area contributed by atoms with Crippen LogP contribution in [0.4, 0.5) is 0 Å². The summed E-state index contributed by atoms with van der Waals surface area (Å²) in [4.78, 5) is 48.9. The molecule has 1 saturated carbocycles. The number of rotatable bonds is 3. The highest BCUT2D eigenvalue weighted by atomic mass is 16.3. The summed E-state index contributed by atoms with van der Waals surface area (Å²) < 4.78 is 0. The van der Waals surface area contributed by atoms with Gasteiger partial charge in [0, 0.05) is 23.5 Å².